The van der Waals surface area contributed by atoms with Gasteiger partial charge in [-0.1, -0.05) is 13.5 Å². The molecule has 0 aliphatic carbocycles. The van der Waals surface area contributed by atoms with Gasteiger partial charge in [0.25, 0.3) is 0 Å². The van der Waals surface area contributed by atoms with E-state index in [9.17, 15) is 14.7 Å². The molecule has 0 aromatic carbocycles. The van der Waals surface area contributed by atoms with Crippen molar-refractivity contribution in [1.82, 2.24) is 5.32 Å². The first-order valence-electron chi connectivity index (χ1n) is 8.40. The first kappa shape index (κ1) is 20.6. The molecule has 1 aliphatic rings. The second-order valence-corrected chi connectivity index (χ2v) is 6.08. The van der Waals surface area contributed by atoms with Gasteiger partial charge >= 0.3 is 5.97 Å². The van der Waals surface area contributed by atoms with E-state index in [2.05, 4.69) is 11.9 Å². The highest BCUT2D eigenvalue weighted by Crippen LogP contribution is 2.24. The third-order valence-electron chi connectivity index (χ3n) is 3.82. The number of hydrogen-bond donors (Lipinski definition) is 2. The van der Waals surface area contributed by atoms with E-state index in [0.717, 1.165) is 0 Å². The van der Waals surface area contributed by atoms with Crippen molar-refractivity contribution < 1.29 is 28.9 Å². The first-order chi connectivity index (χ1) is 11.3. The Bertz CT molecular complexity index is 427. The molecular formula is C17H29NO6. The SMILES string of the molecule is C=CC(=O)NCC1OC(C)CC(CC(CC(O)CC)OC(C)=O)O1. The second-order valence-electron chi connectivity index (χ2n) is 6.08. The Morgan fingerprint density at radius 3 is 2.75 bits per heavy atom. The molecule has 5 atom stereocenters. The van der Waals surface area contributed by atoms with Gasteiger partial charge in [-0.2, -0.15) is 0 Å². The number of carbonyl (C=O) groups is 2. The van der Waals surface area contributed by atoms with Crippen LogP contribution in [0.3, 0.4) is 0 Å². The fourth-order valence-corrected chi connectivity index (χ4v) is 2.68. The summed E-state index contributed by atoms with van der Waals surface area (Å²) in [7, 11) is 0. The van der Waals surface area contributed by atoms with Crippen LogP contribution in [0.2, 0.25) is 0 Å². The molecule has 0 spiro atoms. The van der Waals surface area contributed by atoms with Crippen LogP contribution in [0.4, 0.5) is 0 Å². The van der Waals surface area contributed by atoms with E-state index < -0.39 is 18.5 Å². The lowest BCUT2D eigenvalue weighted by Gasteiger charge is -2.36. The van der Waals surface area contributed by atoms with Gasteiger partial charge in [-0.3, -0.25) is 9.59 Å². The van der Waals surface area contributed by atoms with Crippen LogP contribution in [0, 0.1) is 0 Å². The predicted molar refractivity (Wildman–Crippen MR) is 88.1 cm³/mol. The minimum Gasteiger partial charge on any atom is -0.462 e. The van der Waals surface area contributed by atoms with Crippen molar-refractivity contribution in [3.05, 3.63) is 12.7 Å². The molecule has 7 nitrogen and oxygen atoms in total. The molecule has 0 aromatic heterocycles. The number of carbonyl (C=O) groups excluding carboxylic acids is 2. The maximum Gasteiger partial charge on any atom is 0.302 e. The van der Waals surface area contributed by atoms with Gasteiger partial charge in [0.1, 0.15) is 6.10 Å². The quantitative estimate of drug-likeness (QED) is 0.484. The first-order valence-corrected chi connectivity index (χ1v) is 8.40. The molecule has 138 valence electrons. The Hall–Kier alpha value is -1.44. The number of rotatable bonds is 9. The number of nitrogens with one attached hydrogen (secondary N) is 1. The smallest absolute Gasteiger partial charge is 0.302 e. The normalized spacial score (nSPS) is 26.2. The summed E-state index contributed by atoms with van der Waals surface area (Å²) < 4.78 is 16.8. The molecule has 24 heavy (non-hydrogen) atoms. The average molecular weight is 343 g/mol. The van der Waals surface area contributed by atoms with E-state index in [1.54, 1.807) is 0 Å². The van der Waals surface area contributed by atoms with Crippen LogP contribution in [0.5, 0.6) is 0 Å². The summed E-state index contributed by atoms with van der Waals surface area (Å²) in [6.45, 7) is 8.77. The van der Waals surface area contributed by atoms with Gasteiger partial charge in [0.2, 0.25) is 5.91 Å². The van der Waals surface area contributed by atoms with E-state index in [0.29, 0.717) is 25.7 Å². The third-order valence-corrected chi connectivity index (χ3v) is 3.82. The largest absolute Gasteiger partial charge is 0.462 e. The molecule has 1 heterocycles. The van der Waals surface area contributed by atoms with Gasteiger partial charge in [-0.25, -0.2) is 0 Å². The molecule has 2 N–H and O–H groups in total. The number of amides is 1. The van der Waals surface area contributed by atoms with E-state index in [-0.39, 0.29) is 30.6 Å². The Balaban J connectivity index is 2.58. The summed E-state index contributed by atoms with van der Waals surface area (Å²) >= 11 is 0. The average Bonchev–Trinajstić information content (AvgIpc) is 2.51. The zero-order valence-corrected chi connectivity index (χ0v) is 14.7. The maximum absolute atomic E-state index is 11.3. The Morgan fingerprint density at radius 2 is 2.17 bits per heavy atom. The van der Waals surface area contributed by atoms with Crippen molar-refractivity contribution in [2.24, 2.45) is 0 Å². The Labute approximate surface area is 143 Å². The fraction of sp³-hybridized carbons (Fsp3) is 0.765. The molecule has 0 bridgehead atoms. The predicted octanol–water partition coefficient (Wildman–Crippen LogP) is 1.29. The zero-order valence-electron chi connectivity index (χ0n) is 14.7. The highest BCUT2D eigenvalue weighted by molar-refractivity contribution is 5.86. The lowest BCUT2D eigenvalue weighted by atomic mass is 10.00. The number of aliphatic hydroxyl groups excluding tert-OH is 1. The summed E-state index contributed by atoms with van der Waals surface area (Å²) in [4.78, 5) is 22.5. The topological polar surface area (TPSA) is 94.1 Å². The lowest BCUT2D eigenvalue weighted by Crippen LogP contribution is -2.44. The Kier molecular flexibility index (Phi) is 8.95. The highest BCUT2D eigenvalue weighted by Gasteiger charge is 2.31. The Morgan fingerprint density at radius 1 is 1.46 bits per heavy atom. The minimum absolute atomic E-state index is 0.0385. The summed E-state index contributed by atoms with van der Waals surface area (Å²) in [5, 5.41) is 12.5. The van der Waals surface area contributed by atoms with Crippen molar-refractivity contribution >= 4 is 11.9 Å². The van der Waals surface area contributed by atoms with Crippen molar-refractivity contribution in [1.29, 1.82) is 0 Å². The third kappa shape index (κ3) is 7.90. The lowest BCUT2D eigenvalue weighted by molar-refractivity contribution is -0.240. The van der Waals surface area contributed by atoms with E-state index in [1.165, 1.54) is 13.0 Å². The number of hydrogen-bond acceptors (Lipinski definition) is 6. The number of ether oxygens (including phenoxy) is 3. The second kappa shape index (κ2) is 10.4. The summed E-state index contributed by atoms with van der Waals surface area (Å²) in [6, 6.07) is 0. The van der Waals surface area contributed by atoms with Crippen LogP contribution >= 0.6 is 0 Å². The van der Waals surface area contributed by atoms with Crippen molar-refractivity contribution in [2.75, 3.05) is 6.54 Å². The molecule has 1 saturated heterocycles. The van der Waals surface area contributed by atoms with E-state index >= 15 is 0 Å². The summed E-state index contributed by atoms with van der Waals surface area (Å²) in [6.07, 6.45) is 1.61. The van der Waals surface area contributed by atoms with Crippen molar-refractivity contribution in [3.8, 4) is 0 Å². The fourth-order valence-electron chi connectivity index (χ4n) is 2.68. The van der Waals surface area contributed by atoms with Crippen LogP contribution in [-0.2, 0) is 23.8 Å². The van der Waals surface area contributed by atoms with E-state index in [4.69, 9.17) is 14.2 Å². The van der Waals surface area contributed by atoms with Crippen molar-refractivity contribution in [2.45, 2.75) is 77.2 Å². The van der Waals surface area contributed by atoms with E-state index in [1.807, 2.05) is 13.8 Å². The number of aliphatic hydroxyl groups is 1. The van der Waals surface area contributed by atoms with Gasteiger partial charge in [-0.05, 0) is 25.8 Å². The molecule has 1 aliphatic heterocycles. The van der Waals surface area contributed by atoms with Gasteiger partial charge in [0, 0.05) is 19.8 Å². The zero-order chi connectivity index (χ0) is 18.1. The molecule has 0 radical (unpaired) electrons. The summed E-state index contributed by atoms with van der Waals surface area (Å²) in [5.41, 5.74) is 0. The molecular weight excluding hydrogens is 314 g/mol. The van der Waals surface area contributed by atoms with Gasteiger partial charge in [0.05, 0.1) is 24.9 Å². The van der Waals surface area contributed by atoms with Gasteiger partial charge in [-0.15, -0.1) is 0 Å². The van der Waals surface area contributed by atoms with Crippen LogP contribution in [0.1, 0.15) is 46.5 Å². The monoisotopic (exact) mass is 343 g/mol. The summed E-state index contributed by atoms with van der Waals surface area (Å²) in [5.74, 6) is -0.668. The highest BCUT2D eigenvalue weighted by atomic mass is 16.7. The van der Waals surface area contributed by atoms with Crippen LogP contribution < -0.4 is 5.32 Å². The van der Waals surface area contributed by atoms with Crippen molar-refractivity contribution in [3.63, 3.8) is 0 Å². The molecule has 7 heteroatoms. The van der Waals surface area contributed by atoms with Gasteiger partial charge in [0.15, 0.2) is 6.29 Å². The molecule has 5 unspecified atom stereocenters. The standard InChI is InChI=1S/C17H29NO6/c1-5-13(20)8-15(23-12(4)19)9-14-7-11(3)22-17(24-14)10-18-16(21)6-2/h6,11,13-15,17,20H,2,5,7-10H2,1,3-4H3,(H,18,21). The molecule has 1 fully saturated rings. The molecule has 0 saturated carbocycles. The number of esters is 1. The van der Waals surface area contributed by atoms with Gasteiger partial charge < -0.3 is 24.6 Å². The minimum atomic E-state index is -0.559. The van der Waals surface area contributed by atoms with Crippen LogP contribution in [-0.4, -0.2) is 54.2 Å². The molecule has 0 aromatic rings. The molecule has 1 amide bonds. The van der Waals surface area contributed by atoms with Crippen LogP contribution in [0.25, 0.3) is 0 Å². The maximum atomic E-state index is 11.3. The molecule has 1 rings (SSSR count). The van der Waals surface area contributed by atoms with Crippen LogP contribution in [0.15, 0.2) is 12.7 Å².